The molecule has 0 aliphatic carbocycles. The Morgan fingerprint density at radius 1 is 1.15 bits per heavy atom. The van der Waals surface area contributed by atoms with Crippen LogP contribution in [0.15, 0.2) is 47.4 Å². The smallest absolute Gasteiger partial charge is 0.272 e. The highest BCUT2D eigenvalue weighted by Gasteiger charge is 2.44. The third-order valence-electron chi connectivity index (χ3n) is 5.41. The van der Waals surface area contributed by atoms with E-state index in [9.17, 15) is 23.3 Å². The van der Waals surface area contributed by atoms with Crippen molar-refractivity contribution in [1.29, 1.82) is 0 Å². The van der Waals surface area contributed by atoms with Crippen LogP contribution in [0.25, 0.3) is 5.69 Å². The van der Waals surface area contributed by atoms with Gasteiger partial charge in [0.2, 0.25) is 5.88 Å². The van der Waals surface area contributed by atoms with Gasteiger partial charge in [0.15, 0.2) is 6.73 Å². The molecule has 1 amide bonds. The van der Waals surface area contributed by atoms with E-state index in [1.165, 1.54) is 42.1 Å². The molecule has 2 aromatic carbocycles. The van der Waals surface area contributed by atoms with Crippen LogP contribution in [0.1, 0.15) is 41.4 Å². The number of aromatic nitrogens is 2. The molecule has 12 heteroatoms. The van der Waals surface area contributed by atoms with Crippen LogP contribution in [-0.2, 0) is 10.0 Å². The minimum Gasteiger partial charge on any atom is -0.497 e. The van der Waals surface area contributed by atoms with Gasteiger partial charge in [-0.3, -0.25) is 14.9 Å². The Labute approximate surface area is 195 Å². The van der Waals surface area contributed by atoms with E-state index in [1.54, 1.807) is 19.1 Å². The number of nitrogens with zero attached hydrogens (tertiary/aromatic N) is 4. The number of fused-ring (bicyclic) bond motifs is 1. The lowest BCUT2D eigenvalue weighted by molar-refractivity contribution is -0.384. The fourth-order valence-corrected chi connectivity index (χ4v) is 5.17. The van der Waals surface area contributed by atoms with Crippen molar-refractivity contribution in [2.75, 3.05) is 13.8 Å². The SMILES string of the molecule is COc1cc(C(C)C)c2c(c1)S(=O)(=O)N(COc1cc(C)nn1-c1ccc([N+](=O)[O-])cc1)C2=O. The van der Waals surface area contributed by atoms with Crippen LogP contribution in [0.2, 0.25) is 0 Å². The Morgan fingerprint density at radius 2 is 1.82 bits per heavy atom. The number of carbonyl (C=O) groups excluding carboxylic acids is 1. The van der Waals surface area contributed by atoms with Crippen molar-refractivity contribution in [2.24, 2.45) is 0 Å². The quantitative estimate of drug-likeness (QED) is 0.366. The summed E-state index contributed by atoms with van der Waals surface area (Å²) in [5.74, 6) is -0.282. The third kappa shape index (κ3) is 3.85. The summed E-state index contributed by atoms with van der Waals surface area (Å²) in [6.45, 7) is 4.86. The summed E-state index contributed by atoms with van der Waals surface area (Å²) < 4.78 is 39.4. The zero-order valence-corrected chi connectivity index (χ0v) is 19.7. The number of hydrogen-bond donors (Lipinski definition) is 0. The molecule has 0 radical (unpaired) electrons. The minimum atomic E-state index is -4.17. The van der Waals surface area contributed by atoms with E-state index < -0.39 is 27.6 Å². The van der Waals surface area contributed by atoms with Crippen LogP contribution < -0.4 is 9.47 Å². The molecule has 0 N–H and O–H groups in total. The number of benzene rings is 2. The highest BCUT2D eigenvalue weighted by molar-refractivity contribution is 7.90. The number of sulfonamides is 1. The molecule has 178 valence electrons. The fraction of sp³-hybridized carbons (Fsp3) is 0.273. The number of hydrogen-bond acceptors (Lipinski definition) is 8. The molecule has 1 aliphatic rings. The lowest BCUT2D eigenvalue weighted by Crippen LogP contribution is -2.34. The van der Waals surface area contributed by atoms with E-state index in [1.807, 2.05) is 13.8 Å². The van der Waals surface area contributed by atoms with E-state index in [0.29, 0.717) is 27.0 Å². The van der Waals surface area contributed by atoms with Crippen LogP contribution in [-0.4, -0.2) is 47.2 Å². The maximum absolute atomic E-state index is 13.2. The lowest BCUT2D eigenvalue weighted by Gasteiger charge is -2.16. The summed E-state index contributed by atoms with van der Waals surface area (Å²) in [5.41, 5.74) is 1.63. The lowest BCUT2D eigenvalue weighted by atomic mass is 9.96. The third-order valence-corrected chi connectivity index (χ3v) is 7.14. The Balaban J connectivity index is 1.66. The molecule has 0 saturated heterocycles. The zero-order valence-electron chi connectivity index (χ0n) is 18.9. The van der Waals surface area contributed by atoms with E-state index in [0.717, 1.165) is 0 Å². The summed E-state index contributed by atoms with van der Waals surface area (Å²) in [6.07, 6.45) is 0. The molecule has 0 fully saturated rings. The van der Waals surface area contributed by atoms with E-state index in [-0.39, 0.29) is 27.9 Å². The summed E-state index contributed by atoms with van der Waals surface area (Å²) >= 11 is 0. The van der Waals surface area contributed by atoms with Gasteiger partial charge in [-0.2, -0.15) is 9.40 Å². The number of non-ortho nitro benzene ring substituents is 1. The van der Waals surface area contributed by atoms with Crippen molar-refractivity contribution >= 4 is 21.6 Å². The van der Waals surface area contributed by atoms with Gasteiger partial charge in [0.1, 0.15) is 10.6 Å². The van der Waals surface area contributed by atoms with Crippen LogP contribution in [0.5, 0.6) is 11.6 Å². The molecular formula is C22H22N4O7S. The average molecular weight is 487 g/mol. The van der Waals surface area contributed by atoms with Gasteiger partial charge < -0.3 is 9.47 Å². The zero-order chi connectivity index (χ0) is 24.8. The first-order valence-corrected chi connectivity index (χ1v) is 11.7. The van der Waals surface area contributed by atoms with Crippen LogP contribution in [0.3, 0.4) is 0 Å². The highest BCUT2D eigenvalue weighted by Crippen LogP contribution is 2.38. The normalized spacial score (nSPS) is 14.4. The molecule has 11 nitrogen and oxygen atoms in total. The van der Waals surface area contributed by atoms with Gasteiger partial charge in [-0.1, -0.05) is 13.8 Å². The molecule has 34 heavy (non-hydrogen) atoms. The number of nitro groups is 1. The maximum atomic E-state index is 13.2. The maximum Gasteiger partial charge on any atom is 0.272 e. The largest absolute Gasteiger partial charge is 0.497 e. The van der Waals surface area contributed by atoms with Crippen LogP contribution in [0.4, 0.5) is 5.69 Å². The average Bonchev–Trinajstić information content (AvgIpc) is 3.26. The molecule has 0 saturated carbocycles. The minimum absolute atomic E-state index is 0.0852. The van der Waals surface area contributed by atoms with Crippen LogP contribution >= 0.6 is 0 Å². The van der Waals surface area contributed by atoms with Gasteiger partial charge in [-0.25, -0.2) is 13.1 Å². The summed E-state index contributed by atoms with van der Waals surface area (Å²) in [6, 6.07) is 10.2. The Morgan fingerprint density at radius 3 is 2.41 bits per heavy atom. The van der Waals surface area contributed by atoms with Gasteiger partial charge in [-0.15, -0.1) is 0 Å². The molecule has 1 aliphatic heterocycles. The van der Waals surface area contributed by atoms with Gasteiger partial charge >= 0.3 is 0 Å². The van der Waals surface area contributed by atoms with Crippen molar-refractivity contribution in [3.63, 3.8) is 0 Å². The van der Waals surface area contributed by atoms with Gasteiger partial charge in [-0.05, 0) is 36.6 Å². The van der Waals surface area contributed by atoms with Crippen molar-refractivity contribution < 1.29 is 27.6 Å². The van der Waals surface area contributed by atoms with E-state index >= 15 is 0 Å². The number of carbonyl (C=O) groups is 1. The molecule has 2 heterocycles. The van der Waals surface area contributed by atoms with Crippen LogP contribution in [0, 0.1) is 17.0 Å². The Bertz CT molecular complexity index is 1400. The van der Waals surface area contributed by atoms with Gasteiger partial charge in [0.05, 0.1) is 29.0 Å². The van der Waals surface area contributed by atoms with Crippen molar-refractivity contribution in [3.8, 4) is 17.3 Å². The van der Waals surface area contributed by atoms with Crippen molar-refractivity contribution in [1.82, 2.24) is 14.1 Å². The number of rotatable bonds is 7. The number of methoxy groups -OCH3 is 1. The number of aryl methyl sites for hydroxylation is 1. The fourth-order valence-electron chi connectivity index (χ4n) is 3.70. The second-order valence-corrected chi connectivity index (χ2v) is 9.82. The predicted octanol–water partition coefficient (Wildman–Crippen LogP) is 3.40. The number of nitro benzene ring substituents is 1. The molecule has 4 rings (SSSR count). The molecular weight excluding hydrogens is 464 g/mol. The molecule has 0 unspecified atom stereocenters. The Kier molecular flexibility index (Phi) is 5.77. The second-order valence-electron chi connectivity index (χ2n) is 7.99. The summed E-state index contributed by atoms with van der Waals surface area (Å²) in [4.78, 5) is 23.4. The summed E-state index contributed by atoms with van der Waals surface area (Å²) in [7, 11) is -2.74. The van der Waals surface area contributed by atoms with E-state index in [2.05, 4.69) is 5.10 Å². The molecule has 3 aromatic rings. The van der Waals surface area contributed by atoms with E-state index in [4.69, 9.17) is 9.47 Å². The molecule has 1 aromatic heterocycles. The Hall–Kier alpha value is -3.93. The number of ether oxygens (including phenoxy) is 2. The van der Waals surface area contributed by atoms with Gasteiger partial charge in [0, 0.05) is 24.3 Å². The standard InChI is InChI=1S/C22H22N4O7S/c1-13(2)18-10-17(32-4)11-19-21(18)22(27)24(34(19,30)31)12-33-20-9-14(3)23-25(20)15-5-7-16(8-6-15)26(28)29/h5-11,13H,12H2,1-4H3. The van der Waals surface area contributed by atoms with Crippen molar-refractivity contribution in [3.05, 3.63) is 69.4 Å². The topological polar surface area (TPSA) is 134 Å². The number of amides is 1. The first kappa shape index (κ1) is 23.2. The molecule has 0 bridgehead atoms. The first-order chi connectivity index (χ1) is 16.0. The van der Waals surface area contributed by atoms with Gasteiger partial charge in [0.25, 0.3) is 21.6 Å². The first-order valence-electron chi connectivity index (χ1n) is 10.3. The molecule has 0 spiro atoms. The molecule has 0 atom stereocenters. The highest BCUT2D eigenvalue weighted by atomic mass is 32.2. The van der Waals surface area contributed by atoms with Crippen molar-refractivity contribution in [2.45, 2.75) is 31.6 Å². The second kappa shape index (κ2) is 8.45. The monoisotopic (exact) mass is 486 g/mol. The summed E-state index contributed by atoms with van der Waals surface area (Å²) in [5, 5.41) is 15.2. The predicted molar refractivity (Wildman–Crippen MR) is 121 cm³/mol.